The zero-order valence-corrected chi connectivity index (χ0v) is 8.78. The van der Waals surface area contributed by atoms with E-state index in [2.05, 4.69) is 40.0 Å². The Balaban J connectivity index is 2.70. The van der Waals surface area contributed by atoms with Gasteiger partial charge in [0.05, 0.1) is 10.8 Å². The minimum Gasteiger partial charge on any atom is -0.191 e. The summed E-state index contributed by atoms with van der Waals surface area (Å²) in [5.74, 6) is 0. The fraction of sp³-hybridized carbons (Fsp3) is 0.100. The second kappa shape index (κ2) is 2.53. The largest absolute Gasteiger partial charge is 0.269 e. The van der Waals surface area contributed by atoms with E-state index in [1.54, 1.807) is 22.7 Å². The highest BCUT2D eigenvalue weighted by molar-refractivity contribution is 7.16. The lowest BCUT2D eigenvalue weighted by atomic mass is 10.2. The molecule has 3 aromatic heterocycles. The van der Waals surface area contributed by atoms with E-state index in [9.17, 15) is 0 Å². The Labute approximate surface area is 83.9 Å². The number of pyridine rings is 1. The van der Waals surface area contributed by atoms with E-state index < -0.39 is 0 Å². The average molecular weight is 206 g/mol. The van der Waals surface area contributed by atoms with Crippen molar-refractivity contribution in [1.82, 2.24) is 0 Å². The molecule has 0 N–H and O–H groups in total. The van der Waals surface area contributed by atoms with Crippen LogP contribution >= 0.6 is 22.7 Å². The molecule has 0 saturated carbocycles. The smallest absolute Gasteiger partial charge is 0.191 e. The third kappa shape index (κ3) is 0.943. The summed E-state index contributed by atoms with van der Waals surface area (Å²) in [6, 6.07) is 2.20. The first-order valence-corrected chi connectivity index (χ1v) is 5.90. The molecule has 0 fully saturated rings. The van der Waals surface area contributed by atoms with Crippen molar-refractivity contribution in [2.45, 2.75) is 0 Å². The van der Waals surface area contributed by atoms with Gasteiger partial charge in [-0.1, -0.05) is 11.3 Å². The Bertz CT molecular complexity index is 577. The summed E-state index contributed by atoms with van der Waals surface area (Å²) in [5, 5.41) is 10.7. The van der Waals surface area contributed by atoms with Gasteiger partial charge in [0.15, 0.2) is 6.20 Å². The summed E-state index contributed by atoms with van der Waals surface area (Å²) >= 11 is 3.57. The lowest BCUT2D eigenvalue weighted by Crippen LogP contribution is -2.26. The highest BCUT2D eigenvalue weighted by atomic mass is 32.1. The van der Waals surface area contributed by atoms with Crippen molar-refractivity contribution >= 4 is 43.7 Å². The maximum absolute atomic E-state index is 2.23. The molecule has 3 rings (SSSR count). The highest BCUT2D eigenvalue weighted by Crippen LogP contribution is 2.28. The average Bonchev–Trinajstić information content (AvgIpc) is 2.66. The van der Waals surface area contributed by atoms with Crippen molar-refractivity contribution in [3.05, 3.63) is 28.4 Å². The molecule has 3 aromatic rings. The van der Waals surface area contributed by atoms with Crippen LogP contribution in [0.1, 0.15) is 0 Å². The van der Waals surface area contributed by atoms with Gasteiger partial charge >= 0.3 is 0 Å². The van der Waals surface area contributed by atoms with Gasteiger partial charge < -0.3 is 0 Å². The van der Waals surface area contributed by atoms with Gasteiger partial charge in [-0.3, -0.25) is 0 Å². The maximum Gasteiger partial charge on any atom is 0.269 e. The Morgan fingerprint density at radius 2 is 2.15 bits per heavy atom. The van der Waals surface area contributed by atoms with Crippen molar-refractivity contribution < 1.29 is 4.57 Å². The molecule has 3 heteroatoms. The van der Waals surface area contributed by atoms with Gasteiger partial charge in [-0.05, 0) is 16.8 Å². The van der Waals surface area contributed by atoms with Crippen LogP contribution in [0.25, 0.3) is 21.0 Å². The first-order valence-electron chi connectivity index (χ1n) is 4.08. The summed E-state index contributed by atoms with van der Waals surface area (Å²) in [7, 11) is 2.11. The van der Waals surface area contributed by atoms with E-state index in [0.29, 0.717) is 0 Å². The second-order valence-corrected chi connectivity index (χ2v) is 4.76. The van der Waals surface area contributed by atoms with Crippen molar-refractivity contribution in [3.63, 3.8) is 0 Å². The molecule has 0 aromatic carbocycles. The third-order valence-corrected chi connectivity index (χ3v) is 4.05. The molecule has 0 aliphatic rings. The SMILES string of the molecule is C[n+]1cc2cscc2c2ccsc21. The molecule has 0 saturated heterocycles. The molecule has 0 amide bonds. The molecule has 64 valence electrons. The molecule has 0 spiro atoms. The first kappa shape index (κ1) is 7.47. The van der Waals surface area contributed by atoms with Gasteiger partial charge in [-0.2, -0.15) is 15.9 Å². The maximum atomic E-state index is 2.23. The number of aromatic nitrogens is 1. The molecule has 1 nitrogen and oxygen atoms in total. The normalized spacial score (nSPS) is 11.5. The number of hydrogen-bond acceptors (Lipinski definition) is 2. The molecule has 0 radical (unpaired) electrons. The van der Waals surface area contributed by atoms with Crippen molar-refractivity contribution in [2.75, 3.05) is 0 Å². The van der Waals surface area contributed by atoms with Crippen LogP contribution < -0.4 is 4.57 Å². The van der Waals surface area contributed by atoms with E-state index in [0.717, 1.165) is 0 Å². The molecular weight excluding hydrogens is 198 g/mol. The monoisotopic (exact) mass is 206 g/mol. The lowest BCUT2D eigenvalue weighted by Gasteiger charge is -1.91. The van der Waals surface area contributed by atoms with Crippen LogP contribution in [0.2, 0.25) is 0 Å². The minimum atomic E-state index is 1.35. The summed E-state index contributed by atoms with van der Waals surface area (Å²) in [6.07, 6.45) is 2.20. The third-order valence-electron chi connectivity index (χ3n) is 2.28. The van der Waals surface area contributed by atoms with Crippen LogP contribution in [0.4, 0.5) is 0 Å². The summed E-state index contributed by atoms with van der Waals surface area (Å²) < 4.78 is 2.20. The van der Waals surface area contributed by atoms with Crippen molar-refractivity contribution in [2.24, 2.45) is 7.05 Å². The van der Waals surface area contributed by atoms with Gasteiger partial charge in [-0.25, -0.2) is 0 Å². The Kier molecular flexibility index (Phi) is 1.45. The summed E-state index contributed by atoms with van der Waals surface area (Å²) in [6.45, 7) is 0. The predicted molar refractivity (Wildman–Crippen MR) is 58.4 cm³/mol. The van der Waals surface area contributed by atoms with E-state index in [1.807, 2.05) is 0 Å². The molecule has 13 heavy (non-hydrogen) atoms. The minimum absolute atomic E-state index is 1.35. The lowest BCUT2D eigenvalue weighted by molar-refractivity contribution is -0.641. The quantitative estimate of drug-likeness (QED) is 0.498. The number of rotatable bonds is 0. The van der Waals surface area contributed by atoms with Crippen LogP contribution in [0.3, 0.4) is 0 Å². The predicted octanol–water partition coefficient (Wildman–Crippen LogP) is 2.94. The molecule has 0 bridgehead atoms. The summed E-state index contributed by atoms with van der Waals surface area (Å²) in [4.78, 5) is 1.35. The Morgan fingerprint density at radius 3 is 3.08 bits per heavy atom. The van der Waals surface area contributed by atoms with Gasteiger partial charge in [0.25, 0.3) is 4.83 Å². The topological polar surface area (TPSA) is 3.88 Å². The van der Waals surface area contributed by atoms with Crippen LogP contribution in [-0.2, 0) is 7.05 Å². The molecular formula is C10H8NS2+. The van der Waals surface area contributed by atoms with Gasteiger partial charge in [0.2, 0.25) is 0 Å². The van der Waals surface area contributed by atoms with Crippen LogP contribution in [0, 0.1) is 0 Å². The number of aryl methyl sites for hydroxylation is 1. The van der Waals surface area contributed by atoms with E-state index in [4.69, 9.17) is 0 Å². The number of hydrogen-bond donors (Lipinski definition) is 0. The zero-order valence-electron chi connectivity index (χ0n) is 7.15. The zero-order chi connectivity index (χ0) is 8.84. The van der Waals surface area contributed by atoms with Gasteiger partial charge in [0.1, 0.15) is 7.05 Å². The molecule has 0 aliphatic carbocycles. The fourth-order valence-corrected chi connectivity index (χ4v) is 3.33. The highest BCUT2D eigenvalue weighted by Gasteiger charge is 2.11. The fourth-order valence-electron chi connectivity index (χ4n) is 1.67. The number of fused-ring (bicyclic) bond motifs is 3. The van der Waals surface area contributed by atoms with Gasteiger partial charge in [0, 0.05) is 10.8 Å². The van der Waals surface area contributed by atoms with Crippen LogP contribution in [0.5, 0.6) is 0 Å². The first-order chi connectivity index (χ1) is 6.36. The van der Waals surface area contributed by atoms with E-state index in [1.165, 1.54) is 21.0 Å². The molecule has 0 atom stereocenters. The van der Waals surface area contributed by atoms with E-state index in [-0.39, 0.29) is 0 Å². The van der Waals surface area contributed by atoms with E-state index >= 15 is 0 Å². The second-order valence-electron chi connectivity index (χ2n) is 3.12. The molecule has 3 heterocycles. The van der Waals surface area contributed by atoms with Crippen LogP contribution in [0.15, 0.2) is 28.4 Å². The van der Waals surface area contributed by atoms with Crippen molar-refractivity contribution in [3.8, 4) is 0 Å². The standard InChI is InChI=1S/C10H8NS2/c1-11-4-7-5-12-6-9(7)8-2-3-13-10(8)11/h2-6H,1H3/q+1. The van der Waals surface area contributed by atoms with Gasteiger partial charge in [-0.15, -0.1) is 0 Å². The number of thiophene rings is 2. The van der Waals surface area contributed by atoms with Crippen LogP contribution in [-0.4, -0.2) is 0 Å². The Hall–Kier alpha value is -0.930. The Morgan fingerprint density at radius 1 is 1.23 bits per heavy atom. The molecule has 0 unspecified atom stereocenters. The summed E-state index contributed by atoms with van der Waals surface area (Å²) in [5.41, 5.74) is 0. The van der Waals surface area contributed by atoms with Crippen molar-refractivity contribution in [1.29, 1.82) is 0 Å². The molecule has 0 aliphatic heterocycles. The number of nitrogens with zero attached hydrogens (tertiary/aromatic N) is 1.